The van der Waals surface area contributed by atoms with Crippen LogP contribution in [0.1, 0.15) is 6.92 Å². The number of rotatable bonds is 7. The minimum atomic E-state index is -4.80. The normalized spacial score (nSPS) is 14.0. The highest BCUT2D eigenvalue weighted by molar-refractivity contribution is 7.89. The zero-order valence-corrected chi connectivity index (χ0v) is 12.4. The molecular weight excluding hydrogens is 309 g/mol. The largest absolute Gasteiger partial charge is 0.573 e. The van der Waals surface area contributed by atoms with Gasteiger partial charge in [0.1, 0.15) is 5.75 Å². The summed E-state index contributed by atoms with van der Waals surface area (Å²) in [6.07, 6.45) is -4.80. The molecule has 0 spiro atoms. The molecule has 0 fully saturated rings. The van der Waals surface area contributed by atoms with Crippen molar-refractivity contribution in [2.24, 2.45) is 5.92 Å². The van der Waals surface area contributed by atoms with Gasteiger partial charge in [0.2, 0.25) is 10.0 Å². The smallest absolute Gasteiger partial charge is 0.406 e. The van der Waals surface area contributed by atoms with Crippen molar-refractivity contribution in [3.8, 4) is 5.75 Å². The van der Waals surface area contributed by atoms with Crippen LogP contribution in [0.4, 0.5) is 13.2 Å². The van der Waals surface area contributed by atoms with Crippen LogP contribution in [-0.4, -0.2) is 34.9 Å². The van der Waals surface area contributed by atoms with Crippen molar-refractivity contribution in [2.75, 3.05) is 20.1 Å². The van der Waals surface area contributed by atoms with Crippen LogP contribution in [0, 0.1) is 5.92 Å². The standard InChI is InChI=1S/C12H17F3N2O3S/c1-9(7-16-2)8-17-21(18,19)11-5-3-10(4-6-11)20-12(13,14)15/h3-6,9,16-17H,7-8H2,1-2H3. The molecule has 0 amide bonds. The van der Waals surface area contributed by atoms with E-state index in [2.05, 4.69) is 14.8 Å². The number of hydrogen-bond donors (Lipinski definition) is 2. The third-order valence-electron chi connectivity index (χ3n) is 2.54. The van der Waals surface area contributed by atoms with Crippen LogP contribution in [0.15, 0.2) is 29.2 Å². The van der Waals surface area contributed by atoms with Gasteiger partial charge < -0.3 is 10.1 Å². The molecule has 2 N–H and O–H groups in total. The molecule has 120 valence electrons. The minimum absolute atomic E-state index is 0.0811. The molecule has 0 aliphatic carbocycles. The summed E-state index contributed by atoms with van der Waals surface area (Å²) < 4.78 is 66.0. The van der Waals surface area contributed by atoms with Crippen molar-refractivity contribution >= 4 is 10.0 Å². The lowest BCUT2D eigenvalue weighted by Crippen LogP contribution is -2.32. The molecule has 0 aromatic heterocycles. The molecule has 0 bridgehead atoms. The van der Waals surface area contributed by atoms with Gasteiger partial charge in [0, 0.05) is 6.54 Å². The number of benzene rings is 1. The number of halogens is 3. The predicted molar refractivity (Wildman–Crippen MR) is 71.4 cm³/mol. The van der Waals surface area contributed by atoms with E-state index in [0.717, 1.165) is 24.3 Å². The third kappa shape index (κ3) is 6.32. The molecule has 0 aliphatic rings. The van der Waals surface area contributed by atoms with Crippen LogP contribution in [0.5, 0.6) is 5.75 Å². The van der Waals surface area contributed by atoms with Crippen LogP contribution < -0.4 is 14.8 Å². The Morgan fingerprint density at radius 3 is 2.24 bits per heavy atom. The Bertz CT molecular complexity index is 544. The van der Waals surface area contributed by atoms with E-state index in [1.54, 1.807) is 7.05 Å². The van der Waals surface area contributed by atoms with Gasteiger partial charge in [-0.2, -0.15) is 0 Å². The lowest BCUT2D eigenvalue weighted by Gasteiger charge is -2.13. The van der Waals surface area contributed by atoms with E-state index in [1.807, 2.05) is 6.92 Å². The van der Waals surface area contributed by atoms with Gasteiger partial charge in [0.05, 0.1) is 4.90 Å². The molecule has 21 heavy (non-hydrogen) atoms. The summed E-state index contributed by atoms with van der Waals surface area (Å²) in [5, 5.41) is 2.91. The molecule has 1 aromatic carbocycles. The second-order valence-corrected chi connectivity index (χ2v) is 6.30. The maximum Gasteiger partial charge on any atom is 0.573 e. The number of hydrogen-bond acceptors (Lipinski definition) is 4. The Morgan fingerprint density at radius 2 is 1.76 bits per heavy atom. The molecule has 0 aliphatic heterocycles. The molecular formula is C12H17F3N2O3S. The Morgan fingerprint density at radius 1 is 1.19 bits per heavy atom. The molecule has 1 rings (SSSR count). The molecule has 1 atom stereocenters. The van der Waals surface area contributed by atoms with Gasteiger partial charge in [-0.05, 0) is 43.8 Å². The van der Waals surface area contributed by atoms with E-state index in [1.165, 1.54) is 0 Å². The zero-order valence-electron chi connectivity index (χ0n) is 11.6. The van der Waals surface area contributed by atoms with Gasteiger partial charge in [-0.15, -0.1) is 13.2 Å². The number of sulfonamides is 1. The molecule has 1 unspecified atom stereocenters. The Balaban J connectivity index is 2.71. The summed E-state index contributed by atoms with van der Waals surface area (Å²) in [7, 11) is -1.99. The summed E-state index contributed by atoms with van der Waals surface area (Å²) >= 11 is 0. The molecule has 0 saturated heterocycles. The summed E-state index contributed by atoms with van der Waals surface area (Å²) in [6.45, 7) is 2.73. The van der Waals surface area contributed by atoms with Crippen molar-refractivity contribution in [1.29, 1.82) is 0 Å². The van der Waals surface area contributed by atoms with E-state index in [4.69, 9.17) is 0 Å². The Hall–Kier alpha value is -1.32. The SMILES string of the molecule is CNCC(C)CNS(=O)(=O)c1ccc(OC(F)(F)F)cc1. The van der Waals surface area contributed by atoms with Crippen LogP contribution in [0.25, 0.3) is 0 Å². The highest BCUT2D eigenvalue weighted by Crippen LogP contribution is 2.23. The number of alkyl halides is 3. The highest BCUT2D eigenvalue weighted by atomic mass is 32.2. The Labute approximate surface area is 121 Å². The molecule has 0 heterocycles. The third-order valence-corrected chi connectivity index (χ3v) is 3.98. The molecule has 9 heteroatoms. The first kappa shape index (κ1) is 17.7. The van der Waals surface area contributed by atoms with Crippen LogP contribution in [0.3, 0.4) is 0 Å². The summed E-state index contributed by atoms with van der Waals surface area (Å²) in [4.78, 5) is -0.117. The first-order valence-corrected chi connectivity index (χ1v) is 7.62. The fraction of sp³-hybridized carbons (Fsp3) is 0.500. The topological polar surface area (TPSA) is 67.4 Å². The van der Waals surface area contributed by atoms with Crippen molar-refractivity contribution in [1.82, 2.24) is 10.0 Å². The fourth-order valence-electron chi connectivity index (χ4n) is 1.58. The van der Waals surface area contributed by atoms with E-state index >= 15 is 0 Å². The molecule has 1 aromatic rings. The van der Waals surface area contributed by atoms with Gasteiger partial charge >= 0.3 is 6.36 Å². The summed E-state index contributed by atoms with van der Waals surface area (Å²) in [5.74, 6) is -0.386. The lowest BCUT2D eigenvalue weighted by atomic mass is 10.2. The quantitative estimate of drug-likeness (QED) is 0.801. The van der Waals surface area contributed by atoms with Gasteiger partial charge in [-0.1, -0.05) is 6.92 Å². The Kier molecular flexibility index (Phi) is 5.99. The predicted octanol–water partition coefficient (Wildman–Crippen LogP) is 1.72. The number of ether oxygens (including phenoxy) is 1. The van der Waals surface area contributed by atoms with E-state index < -0.39 is 22.1 Å². The van der Waals surface area contributed by atoms with Crippen LogP contribution >= 0.6 is 0 Å². The van der Waals surface area contributed by atoms with Crippen LogP contribution in [0.2, 0.25) is 0 Å². The average molecular weight is 326 g/mol. The molecule has 0 radical (unpaired) electrons. The highest BCUT2D eigenvalue weighted by Gasteiger charge is 2.31. The maximum absolute atomic E-state index is 12.0. The van der Waals surface area contributed by atoms with Gasteiger partial charge in [0.15, 0.2) is 0 Å². The first-order chi connectivity index (χ1) is 9.64. The fourth-order valence-corrected chi connectivity index (χ4v) is 2.74. The van der Waals surface area contributed by atoms with E-state index in [-0.39, 0.29) is 17.4 Å². The van der Waals surface area contributed by atoms with Gasteiger partial charge in [-0.3, -0.25) is 0 Å². The van der Waals surface area contributed by atoms with Gasteiger partial charge in [-0.25, -0.2) is 13.1 Å². The second kappa shape index (κ2) is 7.10. The van der Waals surface area contributed by atoms with Crippen molar-refractivity contribution in [3.63, 3.8) is 0 Å². The summed E-state index contributed by atoms with van der Waals surface area (Å²) in [5.41, 5.74) is 0. The van der Waals surface area contributed by atoms with E-state index in [9.17, 15) is 21.6 Å². The average Bonchev–Trinajstić information content (AvgIpc) is 2.36. The molecule has 5 nitrogen and oxygen atoms in total. The maximum atomic E-state index is 12.0. The number of nitrogens with one attached hydrogen (secondary N) is 2. The minimum Gasteiger partial charge on any atom is -0.406 e. The summed E-state index contributed by atoms with van der Waals surface area (Å²) in [6, 6.07) is 4.04. The van der Waals surface area contributed by atoms with E-state index in [0.29, 0.717) is 6.54 Å². The van der Waals surface area contributed by atoms with Crippen molar-refractivity contribution < 1.29 is 26.3 Å². The van der Waals surface area contributed by atoms with Crippen LogP contribution in [-0.2, 0) is 10.0 Å². The second-order valence-electron chi connectivity index (χ2n) is 4.53. The van der Waals surface area contributed by atoms with Gasteiger partial charge in [0.25, 0.3) is 0 Å². The lowest BCUT2D eigenvalue weighted by molar-refractivity contribution is -0.274. The zero-order chi connectivity index (χ0) is 16.1. The van der Waals surface area contributed by atoms with Crippen molar-refractivity contribution in [2.45, 2.75) is 18.2 Å². The first-order valence-electron chi connectivity index (χ1n) is 6.14. The monoisotopic (exact) mass is 326 g/mol. The molecule has 0 saturated carbocycles. The van der Waals surface area contributed by atoms with Crippen molar-refractivity contribution in [3.05, 3.63) is 24.3 Å².